The Morgan fingerprint density at radius 3 is 1.36 bits per heavy atom. The molecule has 0 aliphatic heterocycles. The van der Waals surface area contributed by atoms with E-state index in [0.717, 1.165) is 47.3 Å². The Labute approximate surface area is 412 Å². The van der Waals surface area contributed by atoms with E-state index < -0.39 is 0 Å². The van der Waals surface area contributed by atoms with Crippen LogP contribution >= 0.6 is 0 Å². The molecule has 10 aliphatic carbocycles. The molecule has 0 atom stereocenters. The van der Waals surface area contributed by atoms with E-state index in [1.807, 2.05) is 0 Å². The molecule has 0 N–H and O–H groups in total. The second kappa shape index (κ2) is 14.0. The zero-order valence-corrected chi connectivity index (χ0v) is 39.9. The van der Waals surface area contributed by atoms with Crippen molar-refractivity contribution in [2.75, 3.05) is 4.90 Å². The Morgan fingerprint density at radius 2 is 0.757 bits per heavy atom. The fourth-order valence-electron chi connectivity index (χ4n) is 18.8. The topological polar surface area (TPSA) is 8.17 Å². The van der Waals surface area contributed by atoms with Crippen molar-refractivity contribution in [1.82, 2.24) is 4.57 Å². The molecule has 9 aromatic rings. The summed E-state index contributed by atoms with van der Waals surface area (Å²) in [6.45, 7) is 0. The van der Waals surface area contributed by atoms with E-state index in [4.69, 9.17) is 0 Å². The number of rotatable bonds is 5. The maximum absolute atomic E-state index is 2.67. The van der Waals surface area contributed by atoms with Gasteiger partial charge in [-0.05, 0) is 240 Å². The summed E-state index contributed by atoms with van der Waals surface area (Å²) >= 11 is 0. The van der Waals surface area contributed by atoms with Gasteiger partial charge in [0.05, 0.1) is 11.0 Å². The van der Waals surface area contributed by atoms with Crippen molar-refractivity contribution in [3.63, 3.8) is 0 Å². The third kappa shape index (κ3) is 5.00. The number of anilines is 3. The van der Waals surface area contributed by atoms with Gasteiger partial charge in [0, 0.05) is 44.4 Å². The van der Waals surface area contributed by atoms with E-state index in [1.54, 1.807) is 22.3 Å². The van der Waals surface area contributed by atoms with Crippen LogP contribution in [0.3, 0.4) is 0 Å². The Kier molecular flexibility index (Phi) is 7.84. The second-order valence-corrected chi connectivity index (χ2v) is 23.7. The van der Waals surface area contributed by atoms with Gasteiger partial charge in [0.15, 0.2) is 0 Å². The van der Waals surface area contributed by atoms with Gasteiger partial charge in [-0.3, -0.25) is 0 Å². The molecule has 8 bridgehead atoms. The summed E-state index contributed by atoms with van der Waals surface area (Å²) in [5.74, 6) is 6.63. The van der Waals surface area contributed by atoms with E-state index in [9.17, 15) is 0 Å². The van der Waals surface area contributed by atoms with Gasteiger partial charge in [-0.25, -0.2) is 0 Å². The quantitative estimate of drug-likeness (QED) is 0.167. The lowest BCUT2D eigenvalue weighted by Gasteiger charge is -2.61. The van der Waals surface area contributed by atoms with Crippen molar-refractivity contribution in [1.29, 1.82) is 0 Å². The molecule has 340 valence electrons. The molecule has 2 spiro atoms. The number of fused-ring (bicyclic) bond motifs is 9. The fourth-order valence-corrected chi connectivity index (χ4v) is 18.8. The molecule has 0 unspecified atom stereocenters. The van der Waals surface area contributed by atoms with Crippen molar-refractivity contribution in [3.05, 3.63) is 204 Å². The van der Waals surface area contributed by atoms with Gasteiger partial charge in [0.25, 0.3) is 0 Å². The molecule has 1 heterocycles. The van der Waals surface area contributed by atoms with Gasteiger partial charge in [-0.2, -0.15) is 0 Å². The van der Waals surface area contributed by atoms with Crippen LogP contribution in [-0.4, -0.2) is 4.57 Å². The molecule has 8 fully saturated rings. The van der Waals surface area contributed by atoms with E-state index in [1.165, 1.54) is 142 Å². The molecule has 8 saturated carbocycles. The maximum Gasteiger partial charge on any atom is 0.0542 e. The average molecular weight is 903 g/mol. The molecule has 0 amide bonds. The van der Waals surface area contributed by atoms with Crippen LogP contribution < -0.4 is 4.90 Å². The Morgan fingerprint density at radius 1 is 0.329 bits per heavy atom. The largest absolute Gasteiger partial charge is 0.310 e. The third-order valence-electron chi connectivity index (χ3n) is 20.7. The monoisotopic (exact) mass is 902 g/mol. The van der Waals surface area contributed by atoms with Gasteiger partial charge < -0.3 is 9.47 Å². The Bertz CT molecular complexity index is 3590. The fraction of sp³-hybridized carbons (Fsp3) is 0.294. The first-order valence-corrected chi connectivity index (χ1v) is 27.1. The lowest BCUT2D eigenvalue weighted by molar-refractivity contribution is -0.0399. The molecule has 10 aliphatic rings. The predicted molar refractivity (Wildman–Crippen MR) is 287 cm³/mol. The zero-order valence-electron chi connectivity index (χ0n) is 39.9. The van der Waals surface area contributed by atoms with Crippen molar-refractivity contribution >= 4 is 38.9 Å². The first-order valence-electron chi connectivity index (χ1n) is 27.1. The van der Waals surface area contributed by atoms with E-state index in [2.05, 4.69) is 191 Å². The van der Waals surface area contributed by atoms with Gasteiger partial charge in [-0.15, -0.1) is 0 Å². The predicted octanol–water partition coefficient (Wildman–Crippen LogP) is 17.4. The number of hydrogen-bond donors (Lipinski definition) is 0. The summed E-state index contributed by atoms with van der Waals surface area (Å²) in [5.41, 5.74) is 22.7. The van der Waals surface area contributed by atoms with Crippen molar-refractivity contribution in [3.8, 4) is 39.1 Å². The molecule has 0 radical (unpaired) electrons. The second-order valence-electron chi connectivity index (χ2n) is 23.7. The van der Waals surface area contributed by atoms with Crippen LogP contribution in [0.5, 0.6) is 0 Å². The highest BCUT2D eigenvalue weighted by Gasteiger charge is 2.63. The average Bonchev–Trinajstić information content (AvgIpc) is 3.99. The minimum absolute atomic E-state index is 0.108. The summed E-state index contributed by atoms with van der Waals surface area (Å²) in [5, 5.41) is 2.59. The minimum atomic E-state index is 0.108. The first kappa shape index (κ1) is 39.1. The molecular formula is C68H58N2. The van der Waals surface area contributed by atoms with Crippen LogP contribution in [0.4, 0.5) is 17.1 Å². The van der Waals surface area contributed by atoms with Crippen LogP contribution in [0.2, 0.25) is 0 Å². The van der Waals surface area contributed by atoms with Crippen LogP contribution in [-0.2, 0) is 10.8 Å². The highest BCUT2D eigenvalue weighted by Crippen LogP contribution is 2.71. The van der Waals surface area contributed by atoms with Gasteiger partial charge in [-0.1, -0.05) is 109 Å². The summed E-state index contributed by atoms with van der Waals surface area (Å²) in [6.07, 6.45) is 14.1. The zero-order chi connectivity index (χ0) is 45.5. The van der Waals surface area contributed by atoms with E-state index in [-0.39, 0.29) is 10.8 Å². The molecule has 0 saturated heterocycles. The molecule has 19 rings (SSSR count). The van der Waals surface area contributed by atoms with Crippen molar-refractivity contribution < 1.29 is 0 Å². The van der Waals surface area contributed by atoms with Gasteiger partial charge in [0.1, 0.15) is 0 Å². The summed E-state index contributed by atoms with van der Waals surface area (Å²) in [4.78, 5) is 2.56. The van der Waals surface area contributed by atoms with Gasteiger partial charge in [0.2, 0.25) is 0 Å². The lowest BCUT2D eigenvalue weighted by Crippen LogP contribution is -2.55. The number of benzene rings is 8. The highest BCUT2D eigenvalue weighted by molar-refractivity contribution is 6.12. The molecule has 8 aromatic carbocycles. The van der Waals surface area contributed by atoms with Crippen molar-refractivity contribution in [2.24, 2.45) is 47.3 Å². The summed E-state index contributed by atoms with van der Waals surface area (Å²) in [7, 11) is 0. The normalized spacial score (nSPS) is 29.8. The van der Waals surface area contributed by atoms with Crippen LogP contribution in [0.15, 0.2) is 182 Å². The first-order chi connectivity index (χ1) is 34.6. The summed E-state index contributed by atoms with van der Waals surface area (Å²) in [6, 6.07) is 71.1. The maximum atomic E-state index is 2.67. The molecule has 70 heavy (non-hydrogen) atoms. The molecule has 2 nitrogen and oxygen atoms in total. The number of nitrogens with zero attached hydrogens (tertiary/aromatic N) is 2. The standard InChI is InChI=1S/C68H58N2/c1-3-11-51(12-4-1)69(54-21-24-58-56-16-8-10-18-62(56)68(64(58)40-54)49-33-43-28-44(35-49)36-50(68)34-43)53-22-26-66-60(39-53)59-37-45(20-25-65(59)70(66)52-13-5-2-6-14-52)46-19-23-57-55-15-7-9-17-61(55)67(63(57)38-46)47-29-41-27-42(31-47)32-48(67)30-41/h1-26,37-44,47-50H,27-36H2/t41-,42?,43?,44?,47-,48+,49?,50?,67+,68?. The van der Waals surface area contributed by atoms with Crippen LogP contribution in [0.1, 0.15) is 86.5 Å². The summed E-state index contributed by atoms with van der Waals surface area (Å²) < 4.78 is 2.50. The molecule has 1 aromatic heterocycles. The number of hydrogen-bond acceptors (Lipinski definition) is 1. The number of para-hydroxylation sites is 2. The van der Waals surface area contributed by atoms with Crippen LogP contribution in [0.25, 0.3) is 60.9 Å². The Balaban J connectivity index is 0.846. The van der Waals surface area contributed by atoms with Crippen molar-refractivity contribution in [2.45, 2.75) is 75.0 Å². The Hall–Kier alpha value is -6.64. The number of aromatic nitrogens is 1. The van der Waals surface area contributed by atoms with Crippen LogP contribution in [0, 0.1) is 47.3 Å². The third-order valence-corrected chi connectivity index (χ3v) is 20.7. The van der Waals surface area contributed by atoms with E-state index >= 15 is 0 Å². The minimum Gasteiger partial charge on any atom is -0.310 e. The SMILES string of the molecule is c1ccc(N(c2ccc3c(c2)C2(c4ccccc4-3)C3CC4CC(C3)CC2C4)c2ccc3c(c2)c2cc(-c4ccc5c(c4)[C@]4(c6ccccc6-5)[C@@H]5CC6C[C@@H](C5)C[C@@H]4C6)ccc2n3-c2ccccc2)cc1. The van der Waals surface area contributed by atoms with E-state index in [0.29, 0.717) is 0 Å². The smallest absolute Gasteiger partial charge is 0.0542 e. The highest BCUT2D eigenvalue weighted by atomic mass is 15.1. The molecule has 2 heteroatoms. The molecular weight excluding hydrogens is 845 g/mol. The lowest BCUT2D eigenvalue weighted by atomic mass is 9.43. The van der Waals surface area contributed by atoms with Gasteiger partial charge >= 0.3 is 0 Å².